The van der Waals surface area contributed by atoms with Crippen molar-refractivity contribution in [2.75, 3.05) is 13.7 Å². The summed E-state index contributed by atoms with van der Waals surface area (Å²) in [7, 11) is 1.45. The smallest absolute Gasteiger partial charge is 0.337 e. The molecule has 2 rings (SSSR count). The fourth-order valence-electron chi connectivity index (χ4n) is 1.80. The van der Waals surface area contributed by atoms with Crippen LogP contribution in [-0.4, -0.2) is 35.0 Å². The van der Waals surface area contributed by atoms with Crippen LogP contribution in [0.4, 0.5) is 4.39 Å². The molecule has 0 aliphatic carbocycles. The Bertz CT molecular complexity index is 651. The number of aliphatic hydroxyl groups is 2. The van der Waals surface area contributed by atoms with Crippen molar-refractivity contribution >= 4 is 5.97 Å². The normalized spacial score (nSPS) is 12.5. The van der Waals surface area contributed by atoms with Crippen molar-refractivity contribution in [3.63, 3.8) is 0 Å². The van der Waals surface area contributed by atoms with E-state index in [0.29, 0.717) is 16.9 Å². The van der Waals surface area contributed by atoms with Crippen molar-refractivity contribution in [1.82, 2.24) is 0 Å². The molecule has 5 N–H and O–H groups in total. The Morgan fingerprint density at radius 3 is 2.33 bits per heavy atom. The summed E-state index contributed by atoms with van der Waals surface area (Å²) in [5.74, 6) is -1.24. The van der Waals surface area contributed by atoms with Crippen LogP contribution >= 0.6 is 0 Å². The quantitative estimate of drug-likeness (QED) is 0.659. The number of halogens is 1. The lowest BCUT2D eigenvalue weighted by Crippen LogP contribution is -2.14. The number of nitrogens with two attached hydrogens (primary N) is 1. The maximum atomic E-state index is 12.9. The molecule has 0 radical (unpaired) electrons. The van der Waals surface area contributed by atoms with Gasteiger partial charge in [0.05, 0.1) is 19.8 Å². The zero-order valence-electron chi connectivity index (χ0n) is 13.1. The van der Waals surface area contributed by atoms with Gasteiger partial charge < -0.3 is 25.8 Å². The van der Waals surface area contributed by atoms with E-state index in [-0.39, 0.29) is 6.61 Å². The van der Waals surface area contributed by atoms with Crippen molar-refractivity contribution in [3.8, 4) is 5.75 Å². The molecule has 130 valence electrons. The summed E-state index contributed by atoms with van der Waals surface area (Å²) in [6, 6.07) is 11.8. The van der Waals surface area contributed by atoms with Crippen molar-refractivity contribution in [2.45, 2.75) is 12.1 Å². The molecule has 0 aliphatic heterocycles. The van der Waals surface area contributed by atoms with Gasteiger partial charge in [0.15, 0.2) is 6.10 Å². The average molecular weight is 337 g/mol. The van der Waals surface area contributed by atoms with Crippen LogP contribution in [0, 0.1) is 5.82 Å². The second-order valence-electron chi connectivity index (χ2n) is 4.86. The van der Waals surface area contributed by atoms with Gasteiger partial charge in [-0.1, -0.05) is 30.3 Å². The minimum Gasteiger partial charge on any atom is -0.497 e. The lowest BCUT2D eigenvalue weighted by atomic mass is 10.1. The first-order valence-electron chi connectivity index (χ1n) is 7.05. The monoisotopic (exact) mass is 337 g/mol. The van der Waals surface area contributed by atoms with Gasteiger partial charge in [-0.2, -0.15) is 0 Å². The summed E-state index contributed by atoms with van der Waals surface area (Å²) in [5.41, 5.74) is 6.44. The van der Waals surface area contributed by atoms with Crippen LogP contribution < -0.4 is 10.5 Å². The highest BCUT2D eigenvalue weighted by atomic mass is 19.1. The Morgan fingerprint density at radius 2 is 1.83 bits per heavy atom. The van der Waals surface area contributed by atoms with Gasteiger partial charge in [0.1, 0.15) is 11.6 Å². The molecule has 0 saturated heterocycles. The first-order valence-corrected chi connectivity index (χ1v) is 7.05. The van der Waals surface area contributed by atoms with Gasteiger partial charge in [-0.05, 0) is 23.3 Å². The Kier molecular flexibility index (Phi) is 7.84. The van der Waals surface area contributed by atoms with Gasteiger partial charge in [-0.15, -0.1) is 0 Å². The Balaban J connectivity index is 0.000000243. The van der Waals surface area contributed by atoms with E-state index >= 15 is 0 Å². The molecule has 0 spiro atoms. The number of hydrogen-bond acceptors (Lipinski definition) is 5. The van der Waals surface area contributed by atoms with Crippen LogP contribution in [0.3, 0.4) is 0 Å². The molecule has 7 heteroatoms. The van der Waals surface area contributed by atoms with Gasteiger partial charge in [0.25, 0.3) is 0 Å². The fraction of sp³-hybridized carbons (Fsp3) is 0.235. The van der Waals surface area contributed by atoms with Gasteiger partial charge in [-0.25, -0.2) is 9.18 Å². The molecule has 0 bridgehead atoms. The number of carbonyl (C=O) groups is 1. The van der Waals surface area contributed by atoms with Crippen LogP contribution in [0.25, 0.3) is 0 Å². The summed E-state index contributed by atoms with van der Waals surface area (Å²) in [4.78, 5) is 10.2. The summed E-state index contributed by atoms with van der Waals surface area (Å²) < 4.78 is 17.7. The van der Waals surface area contributed by atoms with E-state index in [9.17, 15) is 9.18 Å². The third-order valence-electron chi connectivity index (χ3n) is 3.10. The Hall–Kier alpha value is -2.48. The van der Waals surface area contributed by atoms with Crippen molar-refractivity contribution < 1.29 is 29.2 Å². The number of benzene rings is 2. The highest BCUT2D eigenvalue weighted by Gasteiger charge is 2.14. The van der Waals surface area contributed by atoms with Crippen LogP contribution in [0.5, 0.6) is 5.75 Å². The molecular weight excluding hydrogens is 317 g/mol. The molecule has 0 amide bonds. The van der Waals surface area contributed by atoms with E-state index in [1.54, 1.807) is 36.4 Å². The summed E-state index contributed by atoms with van der Waals surface area (Å²) >= 11 is 0. The van der Waals surface area contributed by atoms with Crippen LogP contribution in [0.1, 0.15) is 23.3 Å². The van der Waals surface area contributed by atoms with E-state index in [1.807, 2.05) is 0 Å². The molecule has 2 aromatic rings. The topological polar surface area (TPSA) is 113 Å². The van der Waals surface area contributed by atoms with Gasteiger partial charge >= 0.3 is 5.97 Å². The summed E-state index contributed by atoms with van der Waals surface area (Å²) in [6.07, 6.45) is -1.41. The maximum Gasteiger partial charge on any atom is 0.337 e. The standard InChI is InChI=1S/C9H12FNO2.C8H8O3/c1-13-8-3-6(9(11)5-12)2-7(10)4-8;9-7(8(10)11)6-4-2-1-3-5-6/h2-4,9,12H,5,11H2,1H3;1-5,7,9H,(H,10,11)/t9-;7-/m10/s1. The molecule has 0 heterocycles. The molecular formula is C17H20FNO5. The van der Waals surface area contributed by atoms with Crippen LogP contribution in [0.2, 0.25) is 0 Å². The number of ether oxygens (including phenoxy) is 1. The zero-order valence-corrected chi connectivity index (χ0v) is 13.1. The number of aliphatic hydroxyl groups excluding tert-OH is 2. The highest BCUT2D eigenvalue weighted by Crippen LogP contribution is 2.19. The van der Waals surface area contributed by atoms with Crippen LogP contribution in [0.15, 0.2) is 48.5 Å². The number of carboxylic acid groups (broad SMARTS) is 1. The second kappa shape index (κ2) is 9.61. The third-order valence-corrected chi connectivity index (χ3v) is 3.10. The molecule has 0 aliphatic rings. The SMILES string of the molecule is COc1cc(F)cc([C@H](N)CO)c1.O=C(O)[C@@H](O)c1ccccc1. The molecule has 6 nitrogen and oxygen atoms in total. The van der Waals surface area contributed by atoms with E-state index in [1.165, 1.54) is 19.2 Å². The highest BCUT2D eigenvalue weighted by molar-refractivity contribution is 5.73. The largest absolute Gasteiger partial charge is 0.497 e. The fourth-order valence-corrected chi connectivity index (χ4v) is 1.80. The number of methoxy groups -OCH3 is 1. The van der Waals surface area contributed by atoms with Crippen LogP contribution in [-0.2, 0) is 4.79 Å². The predicted molar refractivity (Wildman–Crippen MR) is 86.0 cm³/mol. The summed E-state index contributed by atoms with van der Waals surface area (Å²) in [6.45, 7) is -0.216. The van der Waals surface area contributed by atoms with E-state index in [4.69, 9.17) is 25.8 Å². The van der Waals surface area contributed by atoms with Crippen molar-refractivity contribution in [3.05, 3.63) is 65.5 Å². The molecule has 2 aromatic carbocycles. The van der Waals surface area contributed by atoms with Crippen molar-refractivity contribution in [1.29, 1.82) is 0 Å². The number of aliphatic carboxylic acids is 1. The van der Waals surface area contributed by atoms with Gasteiger partial charge in [0, 0.05) is 6.07 Å². The third kappa shape index (κ3) is 5.96. The molecule has 24 heavy (non-hydrogen) atoms. The first-order chi connectivity index (χ1) is 11.4. The van der Waals surface area contributed by atoms with Gasteiger partial charge in [-0.3, -0.25) is 0 Å². The molecule has 2 atom stereocenters. The van der Waals surface area contributed by atoms with Crippen molar-refractivity contribution in [2.24, 2.45) is 5.73 Å². The zero-order chi connectivity index (χ0) is 18.1. The molecule has 0 fully saturated rings. The Labute approximate surface area is 138 Å². The molecule has 0 unspecified atom stereocenters. The number of rotatable bonds is 5. The minimum absolute atomic E-state index is 0.216. The lowest BCUT2D eigenvalue weighted by molar-refractivity contribution is -0.146. The predicted octanol–water partition coefficient (Wildman–Crippen LogP) is 1.63. The minimum atomic E-state index is -1.41. The Morgan fingerprint density at radius 1 is 1.21 bits per heavy atom. The lowest BCUT2D eigenvalue weighted by Gasteiger charge is -2.10. The van der Waals surface area contributed by atoms with E-state index < -0.39 is 23.9 Å². The second-order valence-corrected chi connectivity index (χ2v) is 4.86. The molecule has 0 saturated carbocycles. The summed E-state index contributed by atoms with van der Waals surface area (Å²) in [5, 5.41) is 26.1. The number of carboxylic acids is 1. The first kappa shape index (κ1) is 19.6. The maximum absolute atomic E-state index is 12.9. The van der Waals surface area contributed by atoms with E-state index in [2.05, 4.69) is 0 Å². The molecule has 0 aromatic heterocycles. The van der Waals surface area contributed by atoms with E-state index in [0.717, 1.165) is 0 Å². The number of hydrogen-bond donors (Lipinski definition) is 4. The van der Waals surface area contributed by atoms with Gasteiger partial charge in [0.2, 0.25) is 0 Å². The average Bonchev–Trinajstić information content (AvgIpc) is 2.60.